The number of rotatable bonds is 5. The molecule has 5 nitrogen and oxygen atoms in total. The maximum Gasteiger partial charge on any atom is 0.151 e. The van der Waals surface area contributed by atoms with Gasteiger partial charge in [0.05, 0.1) is 19.4 Å². The SMILES string of the molecule is COc1ccc(-c2ccc(Cl)nn2)c(OCC2CO2)c1. The molecule has 2 heterocycles. The van der Waals surface area contributed by atoms with Crippen LogP contribution >= 0.6 is 11.6 Å². The quantitative estimate of drug-likeness (QED) is 0.793. The minimum absolute atomic E-state index is 0.186. The van der Waals surface area contributed by atoms with Gasteiger partial charge < -0.3 is 14.2 Å². The Kier molecular flexibility index (Phi) is 3.71. The lowest BCUT2D eigenvalue weighted by atomic mass is 10.1. The van der Waals surface area contributed by atoms with Crippen molar-refractivity contribution >= 4 is 11.6 Å². The Bertz CT molecular complexity index is 600. The molecule has 0 radical (unpaired) electrons. The van der Waals surface area contributed by atoms with Crippen molar-refractivity contribution in [2.45, 2.75) is 6.10 Å². The minimum atomic E-state index is 0.186. The van der Waals surface area contributed by atoms with E-state index >= 15 is 0 Å². The average Bonchev–Trinajstić information content (AvgIpc) is 3.30. The van der Waals surface area contributed by atoms with Gasteiger partial charge in [0.25, 0.3) is 0 Å². The Balaban J connectivity index is 1.92. The van der Waals surface area contributed by atoms with Crippen molar-refractivity contribution in [3.05, 3.63) is 35.5 Å². The van der Waals surface area contributed by atoms with Crippen LogP contribution in [0.1, 0.15) is 0 Å². The number of aromatic nitrogens is 2. The Hall–Kier alpha value is -1.85. The van der Waals surface area contributed by atoms with Gasteiger partial charge in [-0.15, -0.1) is 10.2 Å². The van der Waals surface area contributed by atoms with Crippen LogP contribution in [0.25, 0.3) is 11.3 Å². The number of hydrogen-bond donors (Lipinski definition) is 0. The molecule has 1 aromatic carbocycles. The summed E-state index contributed by atoms with van der Waals surface area (Å²) >= 11 is 5.76. The molecule has 0 spiro atoms. The van der Waals surface area contributed by atoms with Gasteiger partial charge in [0.2, 0.25) is 0 Å². The summed E-state index contributed by atoms with van der Waals surface area (Å²) in [5.41, 5.74) is 1.54. The van der Waals surface area contributed by atoms with E-state index in [1.54, 1.807) is 19.2 Å². The van der Waals surface area contributed by atoms with E-state index in [-0.39, 0.29) is 6.10 Å². The van der Waals surface area contributed by atoms with Gasteiger partial charge in [-0.1, -0.05) is 11.6 Å². The van der Waals surface area contributed by atoms with Crippen molar-refractivity contribution in [1.29, 1.82) is 0 Å². The molecule has 6 heteroatoms. The van der Waals surface area contributed by atoms with E-state index in [0.29, 0.717) is 23.2 Å². The van der Waals surface area contributed by atoms with Crippen molar-refractivity contribution in [3.63, 3.8) is 0 Å². The average molecular weight is 293 g/mol. The van der Waals surface area contributed by atoms with Crippen molar-refractivity contribution in [3.8, 4) is 22.8 Å². The summed E-state index contributed by atoms with van der Waals surface area (Å²) in [4.78, 5) is 0. The molecule has 20 heavy (non-hydrogen) atoms. The van der Waals surface area contributed by atoms with Crippen molar-refractivity contribution < 1.29 is 14.2 Å². The van der Waals surface area contributed by atoms with Crippen LogP contribution in [0, 0.1) is 0 Å². The lowest BCUT2D eigenvalue weighted by Crippen LogP contribution is -2.05. The van der Waals surface area contributed by atoms with Crippen LogP contribution in [-0.2, 0) is 4.74 Å². The fraction of sp³-hybridized carbons (Fsp3) is 0.286. The van der Waals surface area contributed by atoms with E-state index in [4.69, 9.17) is 25.8 Å². The smallest absolute Gasteiger partial charge is 0.151 e. The molecule has 1 saturated heterocycles. The van der Waals surface area contributed by atoms with Crippen LogP contribution in [0.4, 0.5) is 0 Å². The van der Waals surface area contributed by atoms with Crippen molar-refractivity contribution in [1.82, 2.24) is 10.2 Å². The summed E-state index contributed by atoms with van der Waals surface area (Å²) in [6.07, 6.45) is 0.186. The van der Waals surface area contributed by atoms with Crippen LogP contribution in [0.2, 0.25) is 5.15 Å². The predicted molar refractivity (Wildman–Crippen MR) is 74.3 cm³/mol. The standard InChI is InChI=1S/C14H13ClN2O3/c1-18-9-2-3-11(12-4-5-14(15)17-16-12)13(6-9)20-8-10-7-19-10/h2-6,10H,7-8H2,1H3. The molecule has 3 rings (SSSR count). The summed E-state index contributed by atoms with van der Waals surface area (Å²) in [5, 5.41) is 8.28. The van der Waals surface area contributed by atoms with Crippen LogP contribution in [-0.4, -0.2) is 36.6 Å². The highest BCUT2D eigenvalue weighted by atomic mass is 35.5. The number of epoxide rings is 1. The van der Waals surface area contributed by atoms with Gasteiger partial charge in [-0.05, 0) is 24.3 Å². The Morgan fingerprint density at radius 3 is 2.80 bits per heavy atom. The molecule has 0 aliphatic carbocycles. The van der Waals surface area contributed by atoms with E-state index in [1.165, 1.54) is 0 Å². The van der Waals surface area contributed by atoms with Gasteiger partial charge in [0.15, 0.2) is 5.15 Å². The molecule has 1 unspecified atom stereocenters. The number of methoxy groups -OCH3 is 1. The van der Waals surface area contributed by atoms with E-state index in [1.807, 2.05) is 18.2 Å². The normalized spacial score (nSPS) is 16.8. The number of hydrogen-bond acceptors (Lipinski definition) is 5. The summed E-state index contributed by atoms with van der Waals surface area (Å²) < 4.78 is 16.1. The van der Waals surface area contributed by atoms with Crippen LogP contribution in [0.5, 0.6) is 11.5 Å². The Labute approximate surface area is 121 Å². The van der Waals surface area contributed by atoms with Crippen molar-refractivity contribution in [2.75, 3.05) is 20.3 Å². The first-order chi connectivity index (χ1) is 9.76. The van der Waals surface area contributed by atoms with Gasteiger partial charge in [-0.3, -0.25) is 0 Å². The molecule has 2 aromatic rings. The zero-order valence-electron chi connectivity index (χ0n) is 10.9. The second-order valence-electron chi connectivity index (χ2n) is 4.37. The zero-order valence-corrected chi connectivity index (χ0v) is 11.6. The summed E-state index contributed by atoms with van der Waals surface area (Å²) in [6, 6.07) is 9.07. The Morgan fingerprint density at radius 2 is 2.15 bits per heavy atom. The van der Waals surface area contributed by atoms with Gasteiger partial charge in [0.1, 0.15) is 24.2 Å². The maximum atomic E-state index is 5.78. The first kappa shape index (κ1) is 13.1. The molecule has 1 aliphatic rings. The van der Waals surface area contributed by atoms with Gasteiger partial charge >= 0.3 is 0 Å². The van der Waals surface area contributed by atoms with E-state index in [9.17, 15) is 0 Å². The maximum absolute atomic E-state index is 5.78. The first-order valence-corrected chi connectivity index (χ1v) is 6.56. The minimum Gasteiger partial charge on any atom is -0.497 e. The number of halogens is 1. The molecule has 0 saturated carbocycles. The van der Waals surface area contributed by atoms with Crippen LogP contribution in [0.3, 0.4) is 0 Å². The van der Waals surface area contributed by atoms with Gasteiger partial charge in [-0.2, -0.15) is 0 Å². The highest BCUT2D eigenvalue weighted by Crippen LogP contribution is 2.33. The highest BCUT2D eigenvalue weighted by molar-refractivity contribution is 6.29. The summed E-state index contributed by atoms with van der Waals surface area (Å²) in [7, 11) is 1.62. The number of benzene rings is 1. The third kappa shape index (κ3) is 3.00. The predicted octanol–water partition coefficient (Wildman–Crippen LogP) is 2.58. The third-order valence-electron chi connectivity index (χ3n) is 2.92. The fourth-order valence-corrected chi connectivity index (χ4v) is 1.87. The van der Waals surface area contributed by atoms with Crippen LogP contribution in [0.15, 0.2) is 30.3 Å². The molecule has 0 bridgehead atoms. The lowest BCUT2D eigenvalue weighted by molar-refractivity contribution is 0.262. The van der Waals surface area contributed by atoms with Gasteiger partial charge in [-0.25, -0.2) is 0 Å². The number of ether oxygens (including phenoxy) is 3. The fourth-order valence-electron chi connectivity index (χ4n) is 1.77. The largest absolute Gasteiger partial charge is 0.497 e. The molecule has 1 aliphatic heterocycles. The second-order valence-corrected chi connectivity index (χ2v) is 4.76. The monoisotopic (exact) mass is 292 g/mol. The van der Waals surface area contributed by atoms with E-state index in [2.05, 4.69) is 10.2 Å². The second kappa shape index (κ2) is 5.64. The van der Waals surface area contributed by atoms with Crippen LogP contribution < -0.4 is 9.47 Å². The number of nitrogens with zero attached hydrogens (tertiary/aromatic N) is 2. The molecule has 1 aromatic heterocycles. The zero-order chi connectivity index (χ0) is 13.9. The van der Waals surface area contributed by atoms with Crippen molar-refractivity contribution in [2.24, 2.45) is 0 Å². The highest BCUT2D eigenvalue weighted by Gasteiger charge is 2.24. The van der Waals surface area contributed by atoms with E-state index < -0.39 is 0 Å². The molecular weight excluding hydrogens is 280 g/mol. The molecule has 1 atom stereocenters. The topological polar surface area (TPSA) is 56.8 Å². The molecule has 1 fully saturated rings. The summed E-state index contributed by atoms with van der Waals surface area (Å²) in [6.45, 7) is 1.27. The van der Waals surface area contributed by atoms with Gasteiger partial charge in [0, 0.05) is 11.6 Å². The lowest BCUT2D eigenvalue weighted by Gasteiger charge is -2.11. The summed E-state index contributed by atoms with van der Waals surface area (Å²) in [5.74, 6) is 1.42. The van der Waals surface area contributed by atoms with E-state index in [0.717, 1.165) is 17.9 Å². The molecule has 0 N–H and O–H groups in total. The Morgan fingerprint density at radius 1 is 1.30 bits per heavy atom. The third-order valence-corrected chi connectivity index (χ3v) is 3.13. The first-order valence-electron chi connectivity index (χ1n) is 6.18. The molecule has 0 amide bonds. The molecule has 104 valence electrons. The molecular formula is C14H13ClN2O3.